The first-order valence-corrected chi connectivity index (χ1v) is 11.8. The number of hydrogen-bond acceptors (Lipinski definition) is 3. The molecule has 0 spiro atoms. The monoisotopic (exact) mass is 454 g/mol. The van der Waals surface area contributed by atoms with Gasteiger partial charge in [0.25, 0.3) is 0 Å². The molecule has 0 unspecified atom stereocenters. The van der Waals surface area contributed by atoms with Crippen molar-refractivity contribution in [1.82, 2.24) is 10.6 Å². The van der Waals surface area contributed by atoms with E-state index in [2.05, 4.69) is 47.1 Å². The molecule has 1 saturated carbocycles. The average molecular weight is 455 g/mol. The van der Waals surface area contributed by atoms with Gasteiger partial charge in [-0.3, -0.25) is 9.59 Å². The molecule has 3 aromatic rings. The summed E-state index contributed by atoms with van der Waals surface area (Å²) < 4.78 is 0. The van der Waals surface area contributed by atoms with Crippen molar-refractivity contribution >= 4 is 17.5 Å². The van der Waals surface area contributed by atoms with Gasteiger partial charge in [0.05, 0.1) is 6.54 Å². The van der Waals surface area contributed by atoms with Gasteiger partial charge >= 0.3 is 0 Å². The summed E-state index contributed by atoms with van der Waals surface area (Å²) in [4.78, 5) is 26.0. The Hall–Kier alpha value is -3.44. The number of nitrogens with one attached hydrogen (secondary N) is 3. The van der Waals surface area contributed by atoms with Gasteiger partial charge in [-0.1, -0.05) is 72.8 Å². The van der Waals surface area contributed by atoms with Crippen molar-refractivity contribution in [2.45, 2.75) is 37.6 Å². The molecule has 0 heterocycles. The topological polar surface area (TPSA) is 70.2 Å². The van der Waals surface area contributed by atoms with E-state index >= 15 is 0 Å². The Morgan fingerprint density at radius 1 is 0.971 bits per heavy atom. The van der Waals surface area contributed by atoms with E-state index in [1.165, 1.54) is 5.56 Å². The first-order valence-electron chi connectivity index (χ1n) is 11.8. The molecule has 1 atom stereocenters. The lowest BCUT2D eigenvalue weighted by molar-refractivity contribution is -0.125. The van der Waals surface area contributed by atoms with Gasteiger partial charge < -0.3 is 16.0 Å². The van der Waals surface area contributed by atoms with Crippen LogP contribution in [0.3, 0.4) is 0 Å². The zero-order valence-corrected chi connectivity index (χ0v) is 19.6. The maximum Gasteiger partial charge on any atom is 0.247 e. The van der Waals surface area contributed by atoms with Crippen LogP contribution in [0.15, 0.2) is 78.9 Å². The third-order valence-corrected chi connectivity index (χ3v) is 6.45. The van der Waals surface area contributed by atoms with E-state index in [0.717, 1.165) is 36.1 Å². The molecule has 1 aliphatic rings. The van der Waals surface area contributed by atoms with Gasteiger partial charge in [-0.25, -0.2) is 0 Å². The number of hydrogen-bond donors (Lipinski definition) is 3. The Bertz CT molecular complexity index is 1120. The highest BCUT2D eigenvalue weighted by Gasteiger charge is 2.43. The van der Waals surface area contributed by atoms with Crippen molar-refractivity contribution in [3.63, 3.8) is 0 Å². The highest BCUT2D eigenvalue weighted by Crippen LogP contribution is 2.47. The minimum Gasteiger partial charge on any atom is -0.343 e. The molecule has 0 aromatic heterocycles. The highest BCUT2D eigenvalue weighted by molar-refractivity contribution is 5.98. The number of aryl methyl sites for hydroxylation is 1. The average Bonchev–Trinajstić information content (AvgIpc) is 3.63. The summed E-state index contributed by atoms with van der Waals surface area (Å²) in [5, 5.41) is 9.19. The molecule has 0 bridgehead atoms. The Labute approximate surface area is 202 Å². The number of rotatable bonds is 10. The standard InChI is InChI=1S/C29H32N3O2/c1-21-13-14-22(2)25(17-21)32-28(34)26(18-23-9-5-3-6-10-23)31-27(33)19-30-20-29(15-16-29)24-11-7-4-8-12-24/h3-14,17,26,30H,2,15-16,18-20H2,1H3,(H,31,33)(H,32,34)/t26-/m1/s1. The van der Waals surface area contributed by atoms with Crippen LogP contribution in [-0.2, 0) is 21.4 Å². The van der Waals surface area contributed by atoms with E-state index in [9.17, 15) is 9.59 Å². The molecule has 1 fully saturated rings. The van der Waals surface area contributed by atoms with Gasteiger partial charge in [-0.15, -0.1) is 0 Å². The maximum absolute atomic E-state index is 13.2. The fourth-order valence-electron chi connectivity index (χ4n) is 4.26. The number of anilines is 1. The molecule has 175 valence electrons. The lowest BCUT2D eigenvalue weighted by Crippen LogP contribution is -2.48. The molecule has 5 nitrogen and oxygen atoms in total. The Kier molecular flexibility index (Phi) is 7.43. The summed E-state index contributed by atoms with van der Waals surface area (Å²) in [5.74, 6) is -0.449. The van der Waals surface area contributed by atoms with Crippen LogP contribution >= 0.6 is 0 Å². The van der Waals surface area contributed by atoms with Crippen LogP contribution in [0.1, 0.15) is 35.1 Å². The Morgan fingerprint density at radius 2 is 1.65 bits per heavy atom. The molecule has 3 N–H and O–H groups in total. The van der Waals surface area contributed by atoms with Gasteiger partial charge in [-0.05, 0) is 55.0 Å². The maximum atomic E-state index is 13.2. The molecular formula is C29H32N3O2. The molecule has 1 aliphatic carbocycles. The van der Waals surface area contributed by atoms with Crippen molar-refractivity contribution in [2.24, 2.45) is 0 Å². The summed E-state index contributed by atoms with van der Waals surface area (Å²) in [7, 11) is 0. The van der Waals surface area contributed by atoms with Crippen LogP contribution in [0.4, 0.5) is 5.69 Å². The SMILES string of the molecule is [CH2]c1ccc(C)cc1NC(=O)[C@@H](Cc1ccccc1)NC(=O)CNCC1(c2ccccc2)CC1. The van der Waals surface area contributed by atoms with Crippen molar-refractivity contribution in [2.75, 3.05) is 18.4 Å². The smallest absolute Gasteiger partial charge is 0.247 e. The first kappa shape index (κ1) is 23.7. The second kappa shape index (κ2) is 10.7. The van der Waals surface area contributed by atoms with E-state index < -0.39 is 6.04 Å². The molecule has 0 aliphatic heterocycles. The van der Waals surface area contributed by atoms with Gasteiger partial charge in [0.15, 0.2) is 0 Å². The van der Waals surface area contributed by atoms with E-state index in [4.69, 9.17) is 0 Å². The second-order valence-corrected chi connectivity index (χ2v) is 9.21. The van der Waals surface area contributed by atoms with Crippen LogP contribution in [-0.4, -0.2) is 30.9 Å². The lowest BCUT2D eigenvalue weighted by Gasteiger charge is -2.21. The van der Waals surface area contributed by atoms with E-state index in [1.807, 2.05) is 61.5 Å². The predicted molar refractivity (Wildman–Crippen MR) is 137 cm³/mol. The van der Waals surface area contributed by atoms with Crippen molar-refractivity contribution < 1.29 is 9.59 Å². The molecule has 4 rings (SSSR count). The van der Waals surface area contributed by atoms with Crippen molar-refractivity contribution in [3.05, 3.63) is 108 Å². The molecule has 3 aromatic carbocycles. The van der Waals surface area contributed by atoms with Crippen LogP contribution in [0.5, 0.6) is 0 Å². The molecule has 5 heteroatoms. The Balaban J connectivity index is 1.38. The first-order chi connectivity index (χ1) is 16.4. The van der Waals surface area contributed by atoms with Crippen LogP contribution in [0.25, 0.3) is 0 Å². The lowest BCUT2D eigenvalue weighted by atomic mass is 9.96. The zero-order valence-electron chi connectivity index (χ0n) is 19.6. The highest BCUT2D eigenvalue weighted by atomic mass is 16.2. The van der Waals surface area contributed by atoms with Gasteiger partial charge in [0.1, 0.15) is 6.04 Å². The molecular weight excluding hydrogens is 422 g/mol. The van der Waals surface area contributed by atoms with Gasteiger partial charge in [0.2, 0.25) is 11.8 Å². The summed E-state index contributed by atoms with van der Waals surface area (Å²) in [6.45, 7) is 6.87. The van der Waals surface area contributed by atoms with E-state index in [1.54, 1.807) is 0 Å². The second-order valence-electron chi connectivity index (χ2n) is 9.21. The minimum atomic E-state index is -0.694. The van der Waals surface area contributed by atoms with Crippen LogP contribution in [0.2, 0.25) is 0 Å². The van der Waals surface area contributed by atoms with Crippen molar-refractivity contribution in [1.29, 1.82) is 0 Å². The predicted octanol–water partition coefficient (Wildman–Crippen LogP) is 4.16. The van der Waals surface area contributed by atoms with Gasteiger partial charge in [0, 0.05) is 24.1 Å². The van der Waals surface area contributed by atoms with E-state index in [-0.39, 0.29) is 23.8 Å². The van der Waals surface area contributed by atoms with E-state index in [0.29, 0.717) is 12.1 Å². The fourth-order valence-corrected chi connectivity index (χ4v) is 4.26. The molecule has 2 amide bonds. The zero-order chi connectivity index (χ0) is 24.0. The summed E-state index contributed by atoms with van der Waals surface area (Å²) in [6, 6.07) is 25.2. The number of carbonyl (C=O) groups excluding carboxylic acids is 2. The summed E-state index contributed by atoms with van der Waals surface area (Å²) in [6.07, 6.45) is 2.65. The van der Waals surface area contributed by atoms with Crippen molar-refractivity contribution in [3.8, 4) is 0 Å². The molecule has 0 saturated heterocycles. The third-order valence-electron chi connectivity index (χ3n) is 6.45. The summed E-state index contributed by atoms with van der Waals surface area (Å²) in [5.41, 5.74) is 4.85. The summed E-state index contributed by atoms with van der Waals surface area (Å²) >= 11 is 0. The van der Waals surface area contributed by atoms with Crippen LogP contribution in [0, 0.1) is 13.8 Å². The van der Waals surface area contributed by atoms with Gasteiger partial charge in [-0.2, -0.15) is 0 Å². The number of carbonyl (C=O) groups is 2. The number of amides is 2. The normalized spacial score (nSPS) is 14.8. The number of benzene rings is 3. The Morgan fingerprint density at radius 3 is 2.32 bits per heavy atom. The largest absolute Gasteiger partial charge is 0.343 e. The molecule has 1 radical (unpaired) electrons. The quantitative estimate of drug-likeness (QED) is 0.431. The fraction of sp³-hybridized carbons (Fsp3) is 0.276. The third kappa shape index (κ3) is 6.12. The minimum absolute atomic E-state index is 0.123. The van der Waals surface area contributed by atoms with Crippen LogP contribution < -0.4 is 16.0 Å². The molecule has 34 heavy (non-hydrogen) atoms.